The van der Waals surface area contributed by atoms with E-state index in [0.29, 0.717) is 30.0 Å². The Morgan fingerprint density at radius 1 is 1.12 bits per heavy atom. The lowest BCUT2D eigenvalue weighted by Gasteiger charge is -2.16. The summed E-state index contributed by atoms with van der Waals surface area (Å²) < 4.78 is 16.7. The predicted molar refractivity (Wildman–Crippen MR) is 124 cm³/mol. The van der Waals surface area contributed by atoms with Crippen molar-refractivity contribution in [3.63, 3.8) is 0 Å². The molecule has 2 heterocycles. The SMILES string of the molecule is O=C(C1CC1)N1CC[C@@H](Cn2c(-c3ccc(-c4ccc5c(c4)C=CC5)c(F)c3)n[nH]c2=O)C1. The molecule has 3 aliphatic rings. The van der Waals surface area contributed by atoms with Gasteiger partial charge in [-0.05, 0) is 60.4 Å². The lowest BCUT2D eigenvalue weighted by atomic mass is 9.99. The van der Waals surface area contributed by atoms with Gasteiger partial charge in [-0.1, -0.05) is 36.4 Å². The van der Waals surface area contributed by atoms with E-state index in [9.17, 15) is 9.59 Å². The first-order chi connectivity index (χ1) is 16.1. The highest BCUT2D eigenvalue weighted by molar-refractivity contribution is 5.81. The number of aromatic nitrogens is 3. The van der Waals surface area contributed by atoms with Crippen LogP contribution in [0.2, 0.25) is 0 Å². The van der Waals surface area contributed by atoms with Crippen LogP contribution in [0.15, 0.2) is 47.3 Å². The number of fused-ring (bicyclic) bond motifs is 1. The summed E-state index contributed by atoms with van der Waals surface area (Å²) in [6.07, 6.45) is 7.94. The summed E-state index contributed by atoms with van der Waals surface area (Å²) >= 11 is 0. The highest BCUT2D eigenvalue weighted by Crippen LogP contribution is 2.34. The van der Waals surface area contributed by atoms with Crippen molar-refractivity contribution in [3.8, 4) is 22.5 Å². The van der Waals surface area contributed by atoms with Crippen LogP contribution in [0.25, 0.3) is 28.6 Å². The molecule has 1 amide bonds. The first-order valence-electron chi connectivity index (χ1n) is 11.6. The smallest absolute Gasteiger partial charge is 0.342 e. The zero-order valence-electron chi connectivity index (χ0n) is 18.3. The van der Waals surface area contributed by atoms with Crippen LogP contribution in [0, 0.1) is 17.7 Å². The van der Waals surface area contributed by atoms with E-state index in [0.717, 1.165) is 43.4 Å². The predicted octanol–water partition coefficient (Wildman–Crippen LogP) is 3.87. The van der Waals surface area contributed by atoms with Crippen LogP contribution in [0.1, 0.15) is 30.4 Å². The third kappa shape index (κ3) is 3.71. The second kappa shape index (κ2) is 7.83. The number of nitrogens with zero attached hydrogens (tertiary/aromatic N) is 3. The molecule has 6 nitrogen and oxygen atoms in total. The number of amides is 1. The second-order valence-corrected chi connectivity index (χ2v) is 9.39. The van der Waals surface area contributed by atoms with Crippen LogP contribution < -0.4 is 5.69 Å². The van der Waals surface area contributed by atoms with Gasteiger partial charge in [-0.25, -0.2) is 14.3 Å². The lowest BCUT2D eigenvalue weighted by Crippen LogP contribution is -2.31. The maximum absolute atomic E-state index is 15.2. The third-order valence-corrected chi connectivity index (χ3v) is 7.04. The van der Waals surface area contributed by atoms with Crippen LogP contribution in [0.3, 0.4) is 0 Å². The fourth-order valence-corrected chi connectivity index (χ4v) is 5.04. The van der Waals surface area contributed by atoms with Gasteiger partial charge in [-0.2, -0.15) is 5.10 Å². The van der Waals surface area contributed by atoms with Gasteiger partial charge in [-0.15, -0.1) is 0 Å². The quantitative estimate of drug-likeness (QED) is 0.649. The molecule has 168 valence electrons. The van der Waals surface area contributed by atoms with Gasteiger partial charge < -0.3 is 4.90 Å². The molecule has 1 saturated heterocycles. The van der Waals surface area contributed by atoms with Gasteiger partial charge in [0.1, 0.15) is 5.82 Å². The minimum Gasteiger partial charge on any atom is -0.342 e. The molecule has 0 radical (unpaired) electrons. The topological polar surface area (TPSA) is 71.0 Å². The minimum atomic E-state index is -0.349. The Morgan fingerprint density at radius 3 is 2.79 bits per heavy atom. The number of rotatable bonds is 5. The number of H-pyrrole nitrogens is 1. The summed E-state index contributed by atoms with van der Waals surface area (Å²) in [5.74, 6) is 0.717. The zero-order chi connectivity index (χ0) is 22.5. The van der Waals surface area contributed by atoms with E-state index >= 15 is 4.39 Å². The van der Waals surface area contributed by atoms with Gasteiger partial charge in [-0.3, -0.25) is 9.36 Å². The van der Waals surface area contributed by atoms with E-state index in [1.807, 2.05) is 29.2 Å². The van der Waals surface area contributed by atoms with Gasteiger partial charge in [0.05, 0.1) is 0 Å². The number of nitrogens with one attached hydrogen (secondary N) is 1. The van der Waals surface area contributed by atoms with E-state index in [2.05, 4.69) is 22.3 Å². The highest BCUT2D eigenvalue weighted by Gasteiger charge is 2.36. The molecule has 7 heteroatoms. The van der Waals surface area contributed by atoms with Crippen LogP contribution in [-0.4, -0.2) is 38.7 Å². The van der Waals surface area contributed by atoms with Crippen molar-refractivity contribution in [2.45, 2.75) is 32.2 Å². The molecule has 1 N–H and O–H groups in total. The van der Waals surface area contributed by atoms with Gasteiger partial charge >= 0.3 is 5.69 Å². The maximum atomic E-state index is 15.2. The Balaban J connectivity index is 1.24. The number of allylic oxidation sites excluding steroid dienone is 1. The molecule has 1 aliphatic heterocycles. The molecular formula is C26H25FN4O2. The standard InChI is InChI=1S/C26H25FN4O2/c27-23-13-21(8-9-22(23)20-7-4-17-2-1-3-19(17)12-20)24-28-29-26(33)31(24)15-16-10-11-30(14-16)25(32)18-5-6-18/h1,3-4,7-9,12-13,16,18H,2,5-6,10-11,14-15H2,(H,29,33)/t16-/m1/s1. The summed E-state index contributed by atoms with van der Waals surface area (Å²) in [6, 6.07) is 11.0. The van der Waals surface area contributed by atoms with Crippen molar-refractivity contribution in [1.82, 2.24) is 19.7 Å². The number of hydrogen-bond acceptors (Lipinski definition) is 3. The van der Waals surface area contributed by atoms with Gasteiger partial charge in [0.2, 0.25) is 5.91 Å². The Labute approximate surface area is 190 Å². The van der Waals surface area contributed by atoms with E-state index in [1.54, 1.807) is 10.6 Å². The van der Waals surface area contributed by atoms with Crippen molar-refractivity contribution in [2.75, 3.05) is 13.1 Å². The first-order valence-corrected chi connectivity index (χ1v) is 11.6. The molecule has 3 aromatic rings. The summed E-state index contributed by atoms with van der Waals surface area (Å²) in [4.78, 5) is 26.8. The highest BCUT2D eigenvalue weighted by atomic mass is 19.1. The molecule has 1 atom stereocenters. The average molecular weight is 445 g/mol. The number of aromatic amines is 1. The van der Waals surface area contributed by atoms with E-state index < -0.39 is 0 Å². The van der Waals surface area contributed by atoms with Crippen molar-refractivity contribution in [1.29, 1.82) is 0 Å². The fourth-order valence-electron chi connectivity index (χ4n) is 5.04. The molecular weight excluding hydrogens is 419 g/mol. The van der Waals surface area contributed by atoms with E-state index in [-0.39, 0.29) is 29.2 Å². The summed E-state index contributed by atoms with van der Waals surface area (Å²) in [6.45, 7) is 1.85. The molecule has 2 aliphatic carbocycles. The molecule has 33 heavy (non-hydrogen) atoms. The van der Waals surface area contributed by atoms with Crippen LogP contribution in [0.4, 0.5) is 4.39 Å². The molecule has 6 rings (SSSR count). The summed E-state index contributed by atoms with van der Waals surface area (Å²) in [7, 11) is 0. The molecule has 0 unspecified atom stereocenters. The Morgan fingerprint density at radius 2 is 1.97 bits per heavy atom. The summed E-state index contributed by atoms with van der Waals surface area (Å²) in [5.41, 5.74) is 3.97. The number of halogens is 1. The van der Waals surface area contributed by atoms with Crippen molar-refractivity contribution < 1.29 is 9.18 Å². The Hall–Kier alpha value is -3.48. The van der Waals surface area contributed by atoms with Gasteiger partial charge in [0.25, 0.3) is 0 Å². The number of hydrogen-bond donors (Lipinski definition) is 1. The molecule has 0 bridgehead atoms. The van der Waals surface area contributed by atoms with Crippen molar-refractivity contribution in [3.05, 3.63) is 69.9 Å². The van der Waals surface area contributed by atoms with Crippen LogP contribution >= 0.6 is 0 Å². The maximum Gasteiger partial charge on any atom is 0.343 e. The minimum absolute atomic E-state index is 0.185. The number of carbonyl (C=O) groups excluding carboxylic acids is 1. The monoisotopic (exact) mass is 444 g/mol. The third-order valence-electron chi connectivity index (χ3n) is 7.04. The zero-order valence-corrected chi connectivity index (χ0v) is 18.3. The van der Waals surface area contributed by atoms with Crippen molar-refractivity contribution >= 4 is 12.0 Å². The normalized spacial score (nSPS) is 19.3. The van der Waals surface area contributed by atoms with E-state index in [4.69, 9.17) is 0 Å². The average Bonchev–Trinajstić information content (AvgIpc) is 3.21. The number of benzene rings is 2. The summed E-state index contributed by atoms with van der Waals surface area (Å²) in [5, 5.41) is 6.69. The second-order valence-electron chi connectivity index (χ2n) is 9.39. The lowest BCUT2D eigenvalue weighted by molar-refractivity contribution is -0.131. The van der Waals surface area contributed by atoms with E-state index in [1.165, 1.54) is 11.6 Å². The Kier molecular flexibility index (Phi) is 4.78. The van der Waals surface area contributed by atoms with Crippen LogP contribution in [-0.2, 0) is 17.8 Å². The van der Waals surface area contributed by atoms with Gasteiger partial charge in [0.15, 0.2) is 5.82 Å². The molecule has 1 aromatic heterocycles. The molecule has 0 spiro atoms. The molecule has 2 fully saturated rings. The Bertz CT molecular complexity index is 1330. The van der Waals surface area contributed by atoms with Crippen molar-refractivity contribution in [2.24, 2.45) is 11.8 Å². The fraction of sp³-hybridized carbons (Fsp3) is 0.346. The number of likely N-dealkylation sites (tertiary alicyclic amines) is 1. The van der Waals surface area contributed by atoms with Gasteiger partial charge in [0, 0.05) is 36.7 Å². The number of carbonyl (C=O) groups is 1. The molecule has 2 aromatic carbocycles. The van der Waals surface area contributed by atoms with Crippen LogP contribution in [0.5, 0.6) is 0 Å². The first kappa shape index (κ1) is 20.1. The largest absolute Gasteiger partial charge is 0.343 e. The molecule has 1 saturated carbocycles.